The number of carbonyl (C=O) groups is 1. The van der Waals surface area contributed by atoms with Crippen LogP contribution in [-0.4, -0.2) is 27.6 Å². The van der Waals surface area contributed by atoms with Crippen LogP contribution in [0.4, 0.5) is 0 Å². The van der Waals surface area contributed by atoms with Crippen molar-refractivity contribution in [3.63, 3.8) is 0 Å². The highest BCUT2D eigenvalue weighted by atomic mass is 16.7. The zero-order valence-electron chi connectivity index (χ0n) is 11.2. The number of hydrogen-bond donors (Lipinski definition) is 1. The molecule has 0 saturated carbocycles. The fourth-order valence-electron chi connectivity index (χ4n) is 2.07. The lowest BCUT2D eigenvalue weighted by atomic mass is 10.1. The number of carboxylic acids is 1. The molecule has 0 bridgehead atoms. The molecule has 1 N–H and O–H groups in total. The van der Waals surface area contributed by atoms with E-state index in [1.807, 2.05) is 13.8 Å². The first-order chi connectivity index (χ1) is 9.56. The van der Waals surface area contributed by atoms with Gasteiger partial charge in [0.1, 0.15) is 11.3 Å². The predicted molar refractivity (Wildman–Crippen MR) is 71.1 cm³/mol. The number of hydrogen-bond acceptors (Lipinski definition) is 4. The molecule has 3 rings (SSSR count). The third kappa shape index (κ3) is 1.99. The summed E-state index contributed by atoms with van der Waals surface area (Å²) in [5.74, 6) is 0.274. The first-order valence-electron chi connectivity index (χ1n) is 6.28. The molecule has 0 spiro atoms. The minimum Gasteiger partial charge on any atom is -0.478 e. The standard InChI is InChI=1S/C14H14N2O4/c1-8(2)16-6-10(14(17)18)13(15-16)9-3-4-11-12(5-9)20-7-19-11/h3-6,8H,7H2,1-2H3,(H,17,18). The van der Waals surface area contributed by atoms with Crippen LogP contribution in [0.3, 0.4) is 0 Å². The van der Waals surface area contributed by atoms with Gasteiger partial charge in [0.2, 0.25) is 6.79 Å². The van der Waals surface area contributed by atoms with Crippen LogP contribution >= 0.6 is 0 Å². The van der Waals surface area contributed by atoms with Crippen LogP contribution in [0.15, 0.2) is 24.4 Å². The molecule has 0 aliphatic carbocycles. The molecule has 0 amide bonds. The molecular weight excluding hydrogens is 260 g/mol. The molecular formula is C14H14N2O4. The second kappa shape index (κ2) is 4.56. The Hall–Kier alpha value is -2.50. The Labute approximate surface area is 115 Å². The van der Waals surface area contributed by atoms with Crippen LogP contribution in [0.5, 0.6) is 11.5 Å². The fraction of sp³-hybridized carbons (Fsp3) is 0.286. The molecule has 0 radical (unpaired) electrons. The summed E-state index contributed by atoms with van der Waals surface area (Å²) in [4.78, 5) is 11.4. The van der Waals surface area contributed by atoms with Crippen molar-refractivity contribution in [3.05, 3.63) is 30.0 Å². The van der Waals surface area contributed by atoms with Gasteiger partial charge in [-0.05, 0) is 32.0 Å². The summed E-state index contributed by atoms with van der Waals surface area (Å²) >= 11 is 0. The number of rotatable bonds is 3. The minimum absolute atomic E-state index is 0.0934. The van der Waals surface area contributed by atoms with Crippen molar-refractivity contribution < 1.29 is 19.4 Å². The van der Waals surface area contributed by atoms with Crippen LogP contribution in [0.2, 0.25) is 0 Å². The summed E-state index contributed by atoms with van der Waals surface area (Å²) in [6, 6.07) is 5.39. The molecule has 1 aromatic carbocycles. The van der Waals surface area contributed by atoms with Gasteiger partial charge in [-0.25, -0.2) is 4.79 Å². The number of benzene rings is 1. The first kappa shape index (κ1) is 12.5. The van der Waals surface area contributed by atoms with Crippen LogP contribution < -0.4 is 9.47 Å². The Morgan fingerprint density at radius 1 is 1.35 bits per heavy atom. The lowest BCUT2D eigenvalue weighted by molar-refractivity contribution is 0.0697. The number of fused-ring (bicyclic) bond motifs is 1. The average molecular weight is 274 g/mol. The van der Waals surface area contributed by atoms with E-state index in [9.17, 15) is 9.90 Å². The van der Waals surface area contributed by atoms with Gasteiger partial charge in [-0.15, -0.1) is 0 Å². The van der Waals surface area contributed by atoms with E-state index in [4.69, 9.17) is 9.47 Å². The first-order valence-corrected chi connectivity index (χ1v) is 6.28. The molecule has 0 fully saturated rings. The molecule has 104 valence electrons. The van der Waals surface area contributed by atoms with Crippen molar-refractivity contribution in [2.75, 3.05) is 6.79 Å². The highest BCUT2D eigenvalue weighted by Crippen LogP contribution is 2.36. The second-order valence-corrected chi connectivity index (χ2v) is 4.84. The lowest BCUT2D eigenvalue weighted by Gasteiger charge is -2.04. The normalized spacial score (nSPS) is 12.9. The number of aromatic carboxylic acids is 1. The third-order valence-electron chi connectivity index (χ3n) is 3.14. The third-order valence-corrected chi connectivity index (χ3v) is 3.14. The van der Waals surface area contributed by atoms with E-state index in [0.717, 1.165) is 0 Å². The number of carboxylic acid groups (broad SMARTS) is 1. The van der Waals surface area contributed by atoms with Gasteiger partial charge in [-0.1, -0.05) is 0 Å². The molecule has 2 heterocycles. The minimum atomic E-state index is -0.996. The molecule has 1 aliphatic rings. The van der Waals surface area contributed by atoms with Crippen molar-refractivity contribution in [2.45, 2.75) is 19.9 Å². The van der Waals surface area contributed by atoms with Gasteiger partial charge >= 0.3 is 5.97 Å². The summed E-state index contributed by atoms with van der Waals surface area (Å²) < 4.78 is 12.2. The summed E-state index contributed by atoms with van der Waals surface area (Å²) in [6.07, 6.45) is 1.55. The molecule has 6 heteroatoms. The highest BCUT2D eigenvalue weighted by Gasteiger charge is 2.21. The fourth-order valence-corrected chi connectivity index (χ4v) is 2.07. The van der Waals surface area contributed by atoms with Crippen LogP contribution in [-0.2, 0) is 0 Å². The Morgan fingerprint density at radius 3 is 2.80 bits per heavy atom. The van der Waals surface area contributed by atoms with E-state index in [2.05, 4.69) is 5.10 Å². The molecule has 0 atom stereocenters. The lowest BCUT2D eigenvalue weighted by Crippen LogP contribution is -2.00. The SMILES string of the molecule is CC(C)n1cc(C(=O)O)c(-c2ccc3c(c2)OCO3)n1. The monoisotopic (exact) mass is 274 g/mol. The van der Waals surface area contributed by atoms with Gasteiger partial charge in [0.15, 0.2) is 11.5 Å². The Balaban J connectivity index is 2.11. The van der Waals surface area contributed by atoms with E-state index < -0.39 is 5.97 Å². The molecule has 0 unspecified atom stereocenters. The van der Waals surface area contributed by atoms with Crippen LogP contribution in [0.1, 0.15) is 30.2 Å². The number of aromatic nitrogens is 2. The topological polar surface area (TPSA) is 73.6 Å². The van der Waals surface area contributed by atoms with Crippen molar-refractivity contribution in [1.29, 1.82) is 0 Å². The smallest absolute Gasteiger partial charge is 0.339 e. The maximum absolute atomic E-state index is 11.4. The maximum atomic E-state index is 11.4. The van der Waals surface area contributed by atoms with Crippen molar-refractivity contribution >= 4 is 5.97 Å². The quantitative estimate of drug-likeness (QED) is 0.931. The zero-order chi connectivity index (χ0) is 14.3. The van der Waals surface area contributed by atoms with Crippen molar-refractivity contribution in [2.24, 2.45) is 0 Å². The van der Waals surface area contributed by atoms with Gasteiger partial charge in [0.25, 0.3) is 0 Å². The number of nitrogens with zero attached hydrogens (tertiary/aromatic N) is 2. The van der Waals surface area contributed by atoms with Gasteiger partial charge in [0, 0.05) is 17.8 Å². The zero-order valence-corrected chi connectivity index (χ0v) is 11.2. The molecule has 1 aliphatic heterocycles. The van der Waals surface area contributed by atoms with E-state index in [1.54, 1.807) is 29.1 Å². The Bertz CT molecular complexity index is 676. The van der Waals surface area contributed by atoms with E-state index in [0.29, 0.717) is 22.8 Å². The summed E-state index contributed by atoms with van der Waals surface area (Å²) in [7, 11) is 0. The Morgan fingerprint density at radius 2 is 2.10 bits per heavy atom. The molecule has 20 heavy (non-hydrogen) atoms. The van der Waals surface area contributed by atoms with Gasteiger partial charge < -0.3 is 14.6 Å². The maximum Gasteiger partial charge on any atom is 0.339 e. The summed E-state index contributed by atoms with van der Waals surface area (Å²) in [5.41, 5.74) is 1.31. The highest BCUT2D eigenvalue weighted by molar-refractivity contribution is 5.94. The van der Waals surface area contributed by atoms with Gasteiger partial charge in [0.05, 0.1) is 0 Å². The summed E-state index contributed by atoms with van der Waals surface area (Å²) in [6.45, 7) is 4.08. The second-order valence-electron chi connectivity index (χ2n) is 4.84. The van der Waals surface area contributed by atoms with Crippen molar-refractivity contribution in [3.8, 4) is 22.8 Å². The van der Waals surface area contributed by atoms with Gasteiger partial charge in [-0.3, -0.25) is 4.68 Å². The van der Waals surface area contributed by atoms with Crippen LogP contribution in [0, 0.1) is 0 Å². The molecule has 2 aromatic rings. The Kier molecular flexibility index (Phi) is 2.85. The molecule has 0 saturated heterocycles. The average Bonchev–Trinajstić information content (AvgIpc) is 3.04. The van der Waals surface area contributed by atoms with E-state index in [-0.39, 0.29) is 18.4 Å². The van der Waals surface area contributed by atoms with Crippen LogP contribution in [0.25, 0.3) is 11.3 Å². The van der Waals surface area contributed by atoms with E-state index in [1.165, 1.54) is 0 Å². The van der Waals surface area contributed by atoms with E-state index >= 15 is 0 Å². The predicted octanol–water partition coefficient (Wildman–Crippen LogP) is 2.56. The largest absolute Gasteiger partial charge is 0.478 e. The van der Waals surface area contributed by atoms with Gasteiger partial charge in [-0.2, -0.15) is 5.10 Å². The number of ether oxygens (including phenoxy) is 2. The molecule has 6 nitrogen and oxygen atoms in total. The van der Waals surface area contributed by atoms with Crippen molar-refractivity contribution in [1.82, 2.24) is 9.78 Å². The molecule has 1 aromatic heterocycles. The summed E-state index contributed by atoms with van der Waals surface area (Å²) in [5, 5.41) is 13.7.